The van der Waals surface area contributed by atoms with Gasteiger partial charge in [-0.1, -0.05) is 0 Å². The zero-order chi connectivity index (χ0) is 32.0. The van der Waals surface area contributed by atoms with E-state index in [0.29, 0.717) is 0 Å². The molecule has 6 heterocycles. The van der Waals surface area contributed by atoms with Crippen molar-refractivity contribution in [3.8, 4) is 0 Å². The van der Waals surface area contributed by atoms with Crippen molar-refractivity contribution in [1.29, 1.82) is 0 Å². The first-order valence-corrected chi connectivity index (χ1v) is 19.0. The maximum absolute atomic E-state index is 2.64. The number of anilines is 8. The first-order chi connectivity index (χ1) is 22.1. The van der Waals surface area contributed by atoms with Gasteiger partial charge in [0.1, 0.15) is 0 Å². The zero-order valence-electron chi connectivity index (χ0n) is 27.5. The molecule has 0 aliphatic carbocycles. The van der Waals surface area contributed by atoms with Crippen LogP contribution in [0.2, 0.25) is 0 Å². The van der Waals surface area contributed by atoms with Crippen LogP contribution >= 0.6 is 45.3 Å². The van der Waals surface area contributed by atoms with Crippen LogP contribution in [0.1, 0.15) is 41.8 Å². The van der Waals surface area contributed by atoms with Crippen LogP contribution in [0.15, 0.2) is 72.8 Å². The Morgan fingerprint density at radius 3 is 0.739 bits per heavy atom. The standard InChI is InChI=1S/C38H38N4S4/c1-21-17-29-30(18-22(21)2)40(34-14-10-26(6)44-34)37(39(29)33-13-9-25(5)43-33)38-41(35-15-11-27(7)45-35)31-19-23(3)24(4)20-32(31)42(38)36-16-12-28(8)46-36/h9-20,37-38H,1-8H3. The average Bonchev–Trinajstić information content (AvgIpc) is 3.85. The molecule has 0 spiro atoms. The van der Waals surface area contributed by atoms with Crippen molar-refractivity contribution in [2.75, 3.05) is 19.6 Å². The van der Waals surface area contributed by atoms with Gasteiger partial charge in [0.25, 0.3) is 0 Å². The summed E-state index contributed by atoms with van der Waals surface area (Å²) >= 11 is 7.54. The van der Waals surface area contributed by atoms with Gasteiger partial charge in [-0.3, -0.25) is 0 Å². The van der Waals surface area contributed by atoms with Gasteiger partial charge in [0.15, 0.2) is 12.3 Å². The maximum atomic E-state index is 2.64. The maximum Gasteiger partial charge on any atom is 0.152 e. The molecular formula is C38H38N4S4. The highest BCUT2D eigenvalue weighted by atomic mass is 32.1. The van der Waals surface area contributed by atoms with Crippen molar-refractivity contribution in [1.82, 2.24) is 0 Å². The molecule has 0 bridgehead atoms. The number of fused-ring (bicyclic) bond motifs is 2. The Kier molecular flexibility index (Phi) is 7.14. The third-order valence-electron chi connectivity index (χ3n) is 9.40. The van der Waals surface area contributed by atoms with Gasteiger partial charge >= 0.3 is 0 Å². The number of rotatable bonds is 5. The van der Waals surface area contributed by atoms with Crippen molar-refractivity contribution in [3.63, 3.8) is 0 Å². The predicted molar refractivity (Wildman–Crippen MR) is 204 cm³/mol. The summed E-state index contributed by atoms with van der Waals surface area (Å²) in [6, 6.07) is 28.1. The lowest BCUT2D eigenvalue weighted by atomic mass is 10.1. The lowest BCUT2D eigenvalue weighted by molar-refractivity contribution is 0.556. The molecule has 4 nitrogen and oxygen atoms in total. The fourth-order valence-electron chi connectivity index (χ4n) is 6.88. The molecule has 0 amide bonds. The number of hydrogen-bond acceptors (Lipinski definition) is 8. The van der Waals surface area contributed by atoms with Crippen LogP contribution in [0.4, 0.5) is 42.8 Å². The second-order valence-corrected chi connectivity index (χ2v) is 17.8. The average molecular weight is 679 g/mol. The van der Waals surface area contributed by atoms with Crippen LogP contribution < -0.4 is 19.6 Å². The van der Waals surface area contributed by atoms with E-state index in [1.807, 2.05) is 45.3 Å². The Labute approximate surface area is 288 Å². The second kappa shape index (κ2) is 11.0. The minimum absolute atomic E-state index is 0.0647. The van der Waals surface area contributed by atoms with Gasteiger partial charge in [-0.15, -0.1) is 45.3 Å². The molecule has 0 unspecified atom stereocenters. The highest BCUT2D eigenvalue weighted by Crippen LogP contribution is 2.59. The third kappa shape index (κ3) is 4.64. The van der Waals surface area contributed by atoms with Gasteiger partial charge in [-0.05, 0) is 150 Å². The van der Waals surface area contributed by atoms with E-state index in [4.69, 9.17) is 0 Å². The van der Waals surface area contributed by atoms with E-state index in [1.165, 1.54) is 84.5 Å². The third-order valence-corrected chi connectivity index (χ3v) is 13.4. The molecule has 0 atom stereocenters. The molecule has 0 N–H and O–H groups in total. The van der Waals surface area contributed by atoms with Crippen LogP contribution in [-0.2, 0) is 0 Å². The summed E-state index contributed by atoms with van der Waals surface area (Å²) in [5.74, 6) is 0. The normalized spacial score (nSPS) is 15.0. The van der Waals surface area contributed by atoms with Crippen molar-refractivity contribution >= 4 is 88.1 Å². The Balaban J connectivity index is 1.47. The largest absolute Gasteiger partial charge is 0.306 e. The molecule has 6 aromatic rings. The summed E-state index contributed by atoms with van der Waals surface area (Å²) in [7, 11) is 0. The lowest BCUT2D eigenvalue weighted by Gasteiger charge is -2.43. The van der Waals surface area contributed by atoms with E-state index in [-0.39, 0.29) is 12.3 Å². The topological polar surface area (TPSA) is 13.0 Å². The molecule has 0 saturated heterocycles. The summed E-state index contributed by atoms with van der Waals surface area (Å²) in [5, 5.41) is 5.10. The number of thiophene rings is 4. The monoisotopic (exact) mass is 678 g/mol. The number of benzene rings is 2. The molecule has 2 aromatic carbocycles. The summed E-state index contributed by atoms with van der Waals surface area (Å²) in [6.07, 6.45) is -0.129. The molecule has 0 saturated carbocycles. The first kappa shape index (κ1) is 29.8. The quantitative estimate of drug-likeness (QED) is 0.180. The van der Waals surface area contributed by atoms with Crippen LogP contribution in [0.3, 0.4) is 0 Å². The number of aryl methyl sites for hydroxylation is 8. The van der Waals surface area contributed by atoms with E-state index in [2.05, 4.69) is 148 Å². The zero-order valence-corrected chi connectivity index (χ0v) is 30.8. The fraction of sp³-hybridized carbons (Fsp3) is 0.263. The molecule has 2 aliphatic heterocycles. The van der Waals surface area contributed by atoms with Crippen LogP contribution in [0.25, 0.3) is 0 Å². The van der Waals surface area contributed by atoms with Gasteiger partial charge in [0.05, 0.1) is 42.8 Å². The van der Waals surface area contributed by atoms with Gasteiger partial charge in [0.2, 0.25) is 0 Å². The highest BCUT2D eigenvalue weighted by molar-refractivity contribution is 7.17. The van der Waals surface area contributed by atoms with Gasteiger partial charge in [0, 0.05) is 19.5 Å². The molecule has 46 heavy (non-hydrogen) atoms. The Morgan fingerprint density at radius 2 is 0.565 bits per heavy atom. The minimum Gasteiger partial charge on any atom is -0.306 e. The Bertz CT molecular complexity index is 1820. The second-order valence-electron chi connectivity index (χ2n) is 12.7. The van der Waals surface area contributed by atoms with Crippen molar-refractivity contribution in [2.24, 2.45) is 0 Å². The molecule has 0 fully saturated rings. The first-order valence-electron chi connectivity index (χ1n) is 15.7. The summed E-state index contributed by atoms with van der Waals surface area (Å²) in [6.45, 7) is 17.9. The number of hydrogen-bond donors (Lipinski definition) is 0. The lowest BCUT2D eigenvalue weighted by Crippen LogP contribution is -2.57. The van der Waals surface area contributed by atoms with E-state index >= 15 is 0 Å². The summed E-state index contributed by atoms with van der Waals surface area (Å²) in [5.41, 5.74) is 10.4. The van der Waals surface area contributed by atoms with E-state index < -0.39 is 0 Å². The van der Waals surface area contributed by atoms with Gasteiger partial charge < -0.3 is 19.6 Å². The molecule has 4 aromatic heterocycles. The minimum atomic E-state index is -0.0647. The molecule has 8 rings (SSSR count). The van der Waals surface area contributed by atoms with Gasteiger partial charge in [-0.2, -0.15) is 0 Å². The molecule has 0 radical (unpaired) electrons. The SMILES string of the molecule is Cc1ccc(N2c3cc(C)c(C)cc3N(c3ccc(C)s3)C2C2N(c3ccc(C)s3)c3cc(C)c(C)cc3N2c2ccc(C)s2)s1. The molecule has 8 heteroatoms. The van der Waals surface area contributed by atoms with Crippen LogP contribution in [-0.4, -0.2) is 12.3 Å². The van der Waals surface area contributed by atoms with E-state index in [1.54, 1.807) is 0 Å². The van der Waals surface area contributed by atoms with Crippen LogP contribution in [0, 0.1) is 55.4 Å². The van der Waals surface area contributed by atoms with Crippen molar-refractivity contribution in [3.05, 3.63) is 115 Å². The predicted octanol–water partition coefficient (Wildman–Crippen LogP) is 12.3. The van der Waals surface area contributed by atoms with Gasteiger partial charge in [-0.25, -0.2) is 0 Å². The summed E-state index contributed by atoms with van der Waals surface area (Å²) < 4.78 is 0. The highest BCUT2D eigenvalue weighted by Gasteiger charge is 2.53. The summed E-state index contributed by atoms with van der Waals surface area (Å²) in [4.78, 5) is 15.9. The number of nitrogens with zero attached hydrogens (tertiary/aromatic N) is 4. The van der Waals surface area contributed by atoms with Crippen LogP contribution in [0.5, 0.6) is 0 Å². The fourth-order valence-corrected chi connectivity index (χ4v) is 10.5. The Hall–Kier alpha value is -3.56. The van der Waals surface area contributed by atoms with Crippen molar-refractivity contribution in [2.45, 2.75) is 67.7 Å². The van der Waals surface area contributed by atoms with E-state index in [0.717, 1.165) is 0 Å². The Morgan fingerprint density at radius 1 is 0.348 bits per heavy atom. The van der Waals surface area contributed by atoms with E-state index in [9.17, 15) is 0 Å². The van der Waals surface area contributed by atoms with Crippen molar-refractivity contribution < 1.29 is 0 Å². The smallest absolute Gasteiger partial charge is 0.152 e. The molecule has 234 valence electrons. The molecular weight excluding hydrogens is 641 g/mol. The molecule has 2 aliphatic rings.